The van der Waals surface area contributed by atoms with Crippen molar-refractivity contribution in [3.8, 4) is 0 Å². The number of alkyl halides is 3. The van der Waals surface area contributed by atoms with Gasteiger partial charge in [0.05, 0.1) is 24.2 Å². The van der Waals surface area contributed by atoms with Crippen molar-refractivity contribution in [2.75, 3.05) is 13.1 Å². The summed E-state index contributed by atoms with van der Waals surface area (Å²) >= 11 is 0. The number of carboxylic acids is 1. The molecule has 1 N–H and O–H groups in total. The maximum Gasteiger partial charge on any atom is 0.490 e. The summed E-state index contributed by atoms with van der Waals surface area (Å²) in [5.74, 6) is -1.08. The van der Waals surface area contributed by atoms with E-state index >= 15 is 0 Å². The Bertz CT molecular complexity index is 917. The molecule has 0 bridgehead atoms. The van der Waals surface area contributed by atoms with Crippen LogP contribution < -0.4 is 0 Å². The maximum atomic E-state index is 12.6. The third-order valence-electron chi connectivity index (χ3n) is 4.97. The van der Waals surface area contributed by atoms with Gasteiger partial charge in [0.2, 0.25) is 5.89 Å². The first-order valence-corrected chi connectivity index (χ1v) is 9.49. The lowest BCUT2D eigenvalue weighted by molar-refractivity contribution is -0.192. The average Bonchev–Trinajstić information content (AvgIpc) is 3.36. The zero-order chi connectivity index (χ0) is 22.8. The highest BCUT2D eigenvalue weighted by Crippen LogP contribution is 2.34. The molecule has 168 valence electrons. The molecule has 4 heterocycles. The summed E-state index contributed by atoms with van der Waals surface area (Å²) in [6.07, 6.45) is -1.68. The van der Waals surface area contributed by atoms with Crippen LogP contribution in [0.2, 0.25) is 0 Å². The predicted octanol–water partition coefficient (Wildman–Crippen LogP) is 2.19. The molecule has 12 heteroatoms. The van der Waals surface area contributed by atoms with E-state index in [1.807, 2.05) is 24.0 Å². The van der Waals surface area contributed by atoms with Crippen molar-refractivity contribution >= 4 is 11.9 Å². The van der Waals surface area contributed by atoms with Crippen LogP contribution in [0.25, 0.3) is 0 Å². The molecule has 2 aromatic rings. The Morgan fingerprint density at radius 3 is 2.48 bits per heavy atom. The summed E-state index contributed by atoms with van der Waals surface area (Å²) < 4.78 is 43.0. The van der Waals surface area contributed by atoms with E-state index in [1.54, 1.807) is 13.1 Å². The first-order chi connectivity index (χ1) is 14.5. The van der Waals surface area contributed by atoms with Gasteiger partial charge in [0.25, 0.3) is 5.91 Å². The Labute approximate surface area is 175 Å². The quantitative estimate of drug-likeness (QED) is 0.769. The molecule has 31 heavy (non-hydrogen) atoms. The number of nitrogens with zero attached hydrogens (tertiary/aromatic N) is 4. The standard InChI is InChI=1S/C17H20N4O3.C2HF3O2/c1-10-3-4-12(7-18-10)17(22)21-8-13-5-14(23-15(13)9-21)6-16-19-11(2)20-24-16;3-2(4,5)1(6)7/h3-4,7,13-15H,5-6,8-9H2,1-2H3;(H,6,7)/t13-,14+,15+;/m0./s1. The summed E-state index contributed by atoms with van der Waals surface area (Å²) in [4.78, 5) is 31.8. The molecule has 0 aromatic carbocycles. The second kappa shape index (κ2) is 9.00. The molecule has 2 saturated heterocycles. The molecule has 0 aliphatic carbocycles. The molecule has 0 unspecified atom stereocenters. The molecular formula is C19H21F3N4O5. The van der Waals surface area contributed by atoms with Gasteiger partial charge in [0.1, 0.15) is 0 Å². The van der Waals surface area contributed by atoms with Gasteiger partial charge >= 0.3 is 12.1 Å². The zero-order valence-electron chi connectivity index (χ0n) is 16.8. The second-order valence-electron chi connectivity index (χ2n) is 7.43. The van der Waals surface area contributed by atoms with Gasteiger partial charge in [-0.15, -0.1) is 0 Å². The van der Waals surface area contributed by atoms with E-state index in [2.05, 4.69) is 15.1 Å². The molecule has 3 atom stereocenters. The molecule has 2 aliphatic heterocycles. The first kappa shape index (κ1) is 22.7. The highest BCUT2D eigenvalue weighted by Gasteiger charge is 2.44. The van der Waals surface area contributed by atoms with E-state index in [-0.39, 0.29) is 18.1 Å². The van der Waals surface area contributed by atoms with Crippen LogP contribution in [0.1, 0.15) is 34.2 Å². The second-order valence-corrected chi connectivity index (χ2v) is 7.43. The molecule has 2 aliphatic rings. The Morgan fingerprint density at radius 1 is 1.26 bits per heavy atom. The number of hydrogen-bond acceptors (Lipinski definition) is 7. The van der Waals surface area contributed by atoms with Crippen LogP contribution in [0.5, 0.6) is 0 Å². The zero-order valence-corrected chi connectivity index (χ0v) is 16.8. The van der Waals surface area contributed by atoms with Crippen molar-refractivity contribution in [1.29, 1.82) is 0 Å². The van der Waals surface area contributed by atoms with Crippen molar-refractivity contribution in [2.45, 2.75) is 45.1 Å². The first-order valence-electron chi connectivity index (χ1n) is 9.49. The van der Waals surface area contributed by atoms with Gasteiger partial charge in [0.15, 0.2) is 5.82 Å². The van der Waals surface area contributed by atoms with Crippen LogP contribution in [0.15, 0.2) is 22.9 Å². The molecule has 2 aromatic heterocycles. The Morgan fingerprint density at radius 2 is 1.97 bits per heavy atom. The minimum absolute atomic E-state index is 0.0320. The minimum atomic E-state index is -5.08. The number of hydrogen-bond donors (Lipinski definition) is 1. The number of likely N-dealkylation sites (tertiary alicyclic amines) is 1. The number of halogens is 3. The molecule has 0 spiro atoms. The van der Waals surface area contributed by atoms with Crippen LogP contribution in [-0.4, -0.2) is 68.5 Å². The number of aromatic nitrogens is 3. The number of aryl methyl sites for hydroxylation is 2. The number of carboxylic acid groups (broad SMARTS) is 1. The van der Waals surface area contributed by atoms with Gasteiger partial charge in [-0.1, -0.05) is 5.16 Å². The largest absolute Gasteiger partial charge is 0.490 e. The van der Waals surface area contributed by atoms with Crippen LogP contribution in [0.4, 0.5) is 13.2 Å². The van der Waals surface area contributed by atoms with Gasteiger partial charge in [-0.2, -0.15) is 18.2 Å². The van der Waals surface area contributed by atoms with Gasteiger partial charge < -0.3 is 19.3 Å². The van der Waals surface area contributed by atoms with E-state index in [0.29, 0.717) is 36.2 Å². The van der Waals surface area contributed by atoms with Crippen molar-refractivity contribution in [1.82, 2.24) is 20.0 Å². The fourth-order valence-corrected chi connectivity index (χ4v) is 3.55. The van der Waals surface area contributed by atoms with Crippen molar-refractivity contribution in [2.24, 2.45) is 5.92 Å². The summed E-state index contributed by atoms with van der Waals surface area (Å²) in [5, 5.41) is 10.9. The molecule has 2 fully saturated rings. The summed E-state index contributed by atoms with van der Waals surface area (Å²) in [6.45, 7) is 5.08. The van der Waals surface area contributed by atoms with E-state index in [1.165, 1.54) is 0 Å². The summed E-state index contributed by atoms with van der Waals surface area (Å²) in [5.41, 5.74) is 1.55. The van der Waals surface area contributed by atoms with E-state index in [9.17, 15) is 18.0 Å². The Hall–Kier alpha value is -3.02. The van der Waals surface area contributed by atoms with Crippen LogP contribution in [0.3, 0.4) is 0 Å². The fraction of sp³-hybridized carbons (Fsp3) is 0.526. The molecule has 0 radical (unpaired) electrons. The number of carbonyl (C=O) groups is 2. The number of fused-ring (bicyclic) bond motifs is 1. The van der Waals surface area contributed by atoms with E-state index in [0.717, 1.165) is 18.7 Å². The molecule has 1 amide bonds. The van der Waals surface area contributed by atoms with Crippen molar-refractivity contribution in [3.63, 3.8) is 0 Å². The lowest BCUT2D eigenvalue weighted by Gasteiger charge is -2.19. The maximum absolute atomic E-state index is 12.6. The lowest BCUT2D eigenvalue weighted by Crippen LogP contribution is -2.31. The van der Waals surface area contributed by atoms with Gasteiger partial charge in [0, 0.05) is 30.9 Å². The number of aliphatic carboxylic acids is 1. The molecular weight excluding hydrogens is 421 g/mol. The van der Waals surface area contributed by atoms with Crippen molar-refractivity contribution in [3.05, 3.63) is 41.3 Å². The Kier molecular flexibility index (Phi) is 6.58. The predicted molar refractivity (Wildman–Crippen MR) is 98.1 cm³/mol. The number of amides is 1. The average molecular weight is 442 g/mol. The number of rotatable bonds is 3. The van der Waals surface area contributed by atoms with E-state index < -0.39 is 12.1 Å². The fourth-order valence-electron chi connectivity index (χ4n) is 3.55. The molecule has 0 saturated carbocycles. The van der Waals surface area contributed by atoms with Crippen molar-refractivity contribution < 1.29 is 37.1 Å². The number of carbonyl (C=O) groups excluding carboxylic acids is 1. The normalized spacial score (nSPS) is 22.6. The van der Waals surface area contributed by atoms with Gasteiger partial charge in [-0.25, -0.2) is 4.79 Å². The highest BCUT2D eigenvalue weighted by molar-refractivity contribution is 5.94. The minimum Gasteiger partial charge on any atom is -0.475 e. The SMILES string of the molecule is Cc1ccc(C(=O)N2C[C@@H]3C[C@H](Cc4nc(C)no4)O[C@@H]3C2)cn1.O=C(O)C(F)(F)F. The lowest BCUT2D eigenvalue weighted by atomic mass is 10.0. The number of ether oxygens (including phenoxy) is 1. The monoisotopic (exact) mass is 442 g/mol. The van der Waals surface area contributed by atoms with Crippen LogP contribution >= 0.6 is 0 Å². The molecule has 4 rings (SSSR count). The van der Waals surface area contributed by atoms with Crippen LogP contribution in [0, 0.1) is 19.8 Å². The smallest absolute Gasteiger partial charge is 0.475 e. The highest BCUT2D eigenvalue weighted by atomic mass is 19.4. The van der Waals surface area contributed by atoms with Crippen LogP contribution in [-0.2, 0) is 16.0 Å². The van der Waals surface area contributed by atoms with Gasteiger partial charge in [-0.05, 0) is 32.4 Å². The van der Waals surface area contributed by atoms with E-state index in [4.69, 9.17) is 19.2 Å². The summed E-state index contributed by atoms with van der Waals surface area (Å²) in [7, 11) is 0. The molecule has 9 nitrogen and oxygen atoms in total. The number of pyridine rings is 1. The topological polar surface area (TPSA) is 119 Å². The third-order valence-corrected chi connectivity index (χ3v) is 4.97. The Balaban J connectivity index is 0.000000339. The van der Waals surface area contributed by atoms with Gasteiger partial charge in [-0.3, -0.25) is 9.78 Å². The summed E-state index contributed by atoms with van der Waals surface area (Å²) in [6, 6.07) is 3.70. The third kappa shape index (κ3) is 5.78.